The molecule has 0 aromatic rings. The van der Waals surface area contributed by atoms with Gasteiger partial charge in [0.05, 0.1) is 0 Å². The lowest BCUT2D eigenvalue weighted by Crippen LogP contribution is -2.44. The molecule has 0 unspecified atom stereocenters. The zero-order chi connectivity index (χ0) is 14.5. The average Bonchev–Trinajstić information content (AvgIpc) is 2.28. The highest BCUT2D eigenvalue weighted by Gasteiger charge is 2.26. The van der Waals surface area contributed by atoms with Gasteiger partial charge in [-0.1, -0.05) is 41.5 Å². The van der Waals surface area contributed by atoms with Crippen LogP contribution < -0.4 is 5.32 Å². The Morgan fingerprint density at radius 3 is 2.16 bits per heavy atom. The van der Waals surface area contributed by atoms with E-state index in [1.165, 1.54) is 32.5 Å². The number of rotatable bonds is 7. The fourth-order valence-electron chi connectivity index (χ4n) is 3.14. The van der Waals surface area contributed by atoms with Gasteiger partial charge in [-0.3, -0.25) is 0 Å². The molecule has 0 saturated carbocycles. The Morgan fingerprint density at radius 2 is 1.68 bits per heavy atom. The fraction of sp³-hybridized carbons (Fsp3) is 1.00. The number of hydrogen-bond acceptors (Lipinski definition) is 2. The molecule has 1 aliphatic heterocycles. The molecule has 19 heavy (non-hydrogen) atoms. The van der Waals surface area contributed by atoms with Gasteiger partial charge >= 0.3 is 0 Å². The van der Waals surface area contributed by atoms with E-state index >= 15 is 0 Å². The van der Waals surface area contributed by atoms with Crippen LogP contribution in [0.1, 0.15) is 54.4 Å². The molecule has 0 bridgehead atoms. The highest BCUT2D eigenvalue weighted by Crippen LogP contribution is 2.26. The van der Waals surface area contributed by atoms with Crippen LogP contribution in [-0.2, 0) is 0 Å². The fourth-order valence-corrected chi connectivity index (χ4v) is 3.14. The Balaban J connectivity index is 2.26. The van der Waals surface area contributed by atoms with E-state index in [1.54, 1.807) is 0 Å². The van der Waals surface area contributed by atoms with Gasteiger partial charge in [-0.05, 0) is 55.6 Å². The van der Waals surface area contributed by atoms with Gasteiger partial charge in [0.2, 0.25) is 0 Å². The lowest BCUT2D eigenvalue weighted by Gasteiger charge is -2.38. The number of likely N-dealkylation sites (tertiary alicyclic amines) is 1. The van der Waals surface area contributed by atoms with Gasteiger partial charge in [0.25, 0.3) is 0 Å². The van der Waals surface area contributed by atoms with Crippen LogP contribution >= 0.6 is 0 Å². The van der Waals surface area contributed by atoms with E-state index in [0.717, 1.165) is 30.8 Å². The lowest BCUT2D eigenvalue weighted by molar-refractivity contribution is 0.112. The minimum atomic E-state index is 0.388. The van der Waals surface area contributed by atoms with Crippen LogP contribution in [-0.4, -0.2) is 37.6 Å². The second kappa shape index (κ2) is 7.64. The van der Waals surface area contributed by atoms with E-state index in [4.69, 9.17) is 0 Å². The molecule has 0 spiro atoms. The first kappa shape index (κ1) is 17.0. The minimum absolute atomic E-state index is 0.388. The molecule has 0 amide bonds. The summed E-state index contributed by atoms with van der Waals surface area (Å²) < 4.78 is 0. The van der Waals surface area contributed by atoms with Crippen molar-refractivity contribution in [3.63, 3.8) is 0 Å². The van der Waals surface area contributed by atoms with Gasteiger partial charge in [-0.15, -0.1) is 0 Å². The van der Waals surface area contributed by atoms with Crippen molar-refractivity contribution >= 4 is 0 Å². The smallest absolute Gasteiger partial charge is 0.00448 e. The zero-order valence-electron chi connectivity index (χ0n) is 14.1. The van der Waals surface area contributed by atoms with Gasteiger partial charge < -0.3 is 10.2 Å². The SMILES string of the molecule is CC(C)CNCC(C)(C)CN1CCC(C(C)C)CC1. The van der Waals surface area contributed by atoms with Crippen LogP contribution in [0.2, 0.25) is 0 Å². The van der Waals surface area contributed by atoms with Gasteiger partial charge in [-0.25, -0.2) is 0 Å². The van der Waals surface area contributed by atoms with E-state index in [0.29, 0.717) is 5.41 Å². The summed E-state index contributed by atoms with van der Waals surface area (Å²) in [5.74, 6) is 2.57. The van der Waals surface area contributed by atoms with E-state index in [2.05, 4.69) is 51.8 Å². The van der Waals surface area contributed by atoms with Crippen molar-refractivity contribution in [2.45, 2.75) is 54.4 Å². The van der Waals surface area contributed by atoms with Crippen LogP contribution in [0.15, 0.2) is 0 Å². The maximum atomic E-state index is 3.62. The van der Waals surface area contributed by atoms with Crippen LogP contribution in [0.25, 0.3) is 0 Å². The first-order chi connectivity index (χ1) is 8.80. The molecule has 1 heterocycles. The summed E-state index contributed by atoms with van der Waals surface area (Å²) in [6, 6.07) is 0. The van der Waals surface area contributed by atoms with Gasteiger partial charge in [0, 0.05) is 13.1 Å². The van der Waals surface area contributed by atoms with Crippen molar-refractivity contribution < 1.29 is 0 Å². The quantitative estimate of drug-likeness (QED) is 0.758. The standard InChI is InChI=1S/C17H36N2/c1-14(2)11-18-12-17(5,6)13-19-9-7-16(8-10-19)15(3)4/h14-16,18H,7-13H2,1-6H3. The Kier molecular flexibility index (Phi) is 6.82. The molecule has 2 nitrogen and oxygen atoms in total. The predicted molar refractivity (Wildman–Crippen MR) is 85.5 cm³/mol. The van der Waals surface area contributed by atoms with E-state index in [9.17, 15) is 0 Å². The second-order valence-electron chi connectivity index (χ2n) is 8.05. The van der Waals surface area contributed by atoms with Gasteiger partial charge in [-0.2, -0.15) is 0 Å². The molecule has 114 valence electrons. The van der Waals surface area contributed by atoms with Crippen molar-refractivity contribution in [3.8, 4) is 0 Å². The van der Waals surface area contributed by atoms with Gasteiger partial charge in [0.1, 0.15) is 0 Å². The highest BCUT2D eigenvalue weighted by molar-refractivity contribution is 4.81. The summed E-state index contributed by atoms with van der Waals surface area (Å²) in [6.07, 6.45) is 2.79. The Labute approximate surface area is 121 Å². The van der Waals surface area contributed by atoms with E-state index in [1.807, 2.05) is 0 Å². The molecule has 0 aromatic heterocycles. The third kappa shape index (κ3) is 6.76. The second-order valence-corrected chi connectivity index (χ2v) is 8.05. The van der Waals surface area contributed by atoms with Crippen molar-refractivity contribution in [2.24, 2.45) is 23.2 Å². The molecular weight excluding hydrogens is 232 g/mol. The average molecular weight is 268 g/mol. The largest absolute Gasteiger partial charge is 0.316 e. The maximum absolute atomic E-state index is 3.62. The van der Waals surface area contributed by atoms with Crippen molar-refractivity contribution in [3.05, 3.63) is 0 Å². The summed E-state index contributed by atoms with van der Waals surface area (Å²) in [5, 5.41) is 3.62. The Morgan fingerprint density at radius 1 is 1.11 bits per heavy atom. The molecule has 0 aliphatic carbocycles. The Hall–Kier alpha value is -0.0800. The summed E-state index contributed by atoms with van der Waals surface area (Å²) in [5.41, 5.74) is 0.388. The van der Waals surface area contributed by atoms with Crippen LogP contribution in [0, 0.1) is 23.2 Å². The van der Waals surface area contributed by atoms with Crippen LogP contribution in [0.5, 0.6) is 0 Å². The molecule has 1 saturated heterocycles. The molecule has 0 aromatic carbocycles. The molecule has 0 radical (unpaired) electrons. The predicted octanol–water partition coefficient (Wildman–Crippen LogP) is 3.63. The zero-order valence-corrected chi connectivity index (χ0v) is 14.1. The van der Waals surface area contributed by atoms with Crippen LogP contribution in [0.3, 0.4) is 0 Å². The molecule has 1 fully saturated rings. The minimum Gasteiger partial charge on any atom is -0.316 e. The number of nitrogens with one attached hydrogen (secondary N) is 1. The highest BCUT2D eigenvalue weighted by atomic mass is 15.1. The molecular formula is C17H36N2. The van der Waals surface area contributed by atoms with Crippen molar-refractivity contribution in [2.75, 3.05) is 32.7 Å². The summed E-state index contributed by atoms with van der Waals surface area (Å²) in [6.45, 7) is 20.2. The van der Waals surface area contributed by atoms with Gasteiger partial charge in [0.15, 0.2) is 0 Å². The van der Waals surface area contributed by atoms with Crippen molar-refractivity contribution in [1.29, 1.82) is 0 Å². The van der Waals surface area contributed by atoms with E-state index < -0.39 is 0 Å². The summed E-state index contributed by atoms with van der Waals surface area (Å²) in [4.78, 5) is 2.68. The monoisotopic (exact) mass is 268 g/mol. The molecule has 1 N–H and O–H groups in total. The number of nitrogens with zero attached hydrogens (tertiary/aromatic N) is 1. The third-order valence-electron chi connectivity index (χ3n) is 4.38. The topological polar surface area (TPSA) is 15.3 Å². The first-order valence-corrected chi connectivity index (χ1v) is 8.23. The summed E-state index contributed by atoms with van der Waals surface area (Å²) >= 11 is 0. The first-order valence-electron chi connectivity index (χ1n) is 8.23. The molecule has 0 atom stereocenters. The number of piperidine rings is 1. The lowest BCUT2D eigenvalue weighted by atomic mass is 9.85. The molecule has 1 aliphatic rings. The third-order valence-corrected chi connectivity index (χ3v) is 4.38. The molecule has 1 rings (SSSR count). The maximum Gasteiger partial charge on any atom is 0.00448 e. The molecule has 2 heteroatoms. The summed E-state index contributed by atoms with van der Waals surface area (Å²) in [7, 11) is 0. The normalized spacial score (nSPS) is 19.6. The number of hydrogen-bond donors (Lipinski definition) is 1. The van der Waals surface area contributed by atoms with Crippen molar-refractivity contribution in [1.82, 2.24) is 10.2 Å². The van der Waals surface area contributed by atoms with E-state index in [-0.39, 0.29) is 0 Å². The Bertz CT molecular complexity index is 238. The van der Waals surface area contributed by atoms with Crippen LogP contribution in [0.4, 0.5) is 0 Å².